The first kappa shape index (κ1) is 19.3. The predicted octanol–water partition coefficient (Wildman–Crippen LogP) is 3.03. The van der Waals surface area contributed by atoms with E-state index in [1.54, 1.807) is 36.0 Å². The summed E-state index contributed by atoms with van der Waals surface area (Å²) in [4.78, 5) is 21.8. The van der Waals surface area contributed by atoms with Crippen molar-refractivity contribution < 1.29 is 9.53 Å². The molecule has 1 amide bonds. The number of amides is 1. The third kappa shape index (κ3) is 4.28. The monoisotopic (exact) mass is 387 g/mol. The summed E-state index contributed by atoms with van der Waals surface area (Å²) >= 11 is 1.49. The lowest BCUT2D eigenvalue weighted by molar-refractivity contribution is 0.0978. The Morgan fingerprint density at radius 2 is 2.00 bits per heavy atom. The Kier molecular flexibility index (Phi) is 6.08. The largest absolute Gasteiger partial charge is 0.497 e. The zero-order valence-corrected chi connectivity index (χ0v) is 17.0. The molecule has 0 saturated carbocycles. The molecule has 0 atom stereocenters. The lowest BCUT2D eigenvalue weighted by Gasteiger charge is -2.24. The second kappa shape index (κ2) is 8.49. The number of methoxy groups -OCH3 is 1. The Labute approximate surface area is 163 Å². The fraction of sp³-hybridized carbons (Fsp3) is 0.421. The molecule has 0 radical (unpaired) electrons. The summed E-state index contributed by atoms with van der Waals surface area (Å²) in [7, 11) is 3.45. The van der Waals surface area contributed by atoms with Gasteiger partial charge in [0.05, 0.1) is 17.3 Å². The van der Waals surface area contributed by atoms with Crippen LogP contribution in [0.4, 0.5) is 5.13 Å². The van der Waals surface area contributed by atoms with E-state index in [0.717, 1.165) is 35.6 Å². The van der Waals surface area contributed by atoms with Crippen LogP contribution in [0.1, 0.15) is 24.3 Å². The van der Waals surface area contributed by atoms with Gasteiger partial charge in [0.1, 0.15) is 5.75 Å². The number of aromatic nitrogens is 3. The number of rotatable bonds is 8. The van der Waals surface area contributed by atoms with Crippen LogP contribution in [-0.4, -0.2) is 58.9 Å². The number of aryl methyl sites for hydroxylation is 1. The summed E-state index contributed by atoms with van der Waals surface area (Å²) in [6, 6.07) is 7.49. The van der Waals surface area contributed by atoms with Crippen LogP contribution in [0.3, 0.4) is 0 Å². The number of hydrogen-bond acceptors (Lipinski definition) is 6. The average Bonchev–Trinajstić information content (AvgIpc) is 3.30. The predicted molar refractivity (Wildman–Crippen MR) is 109 cm³/mol. The summed E-state index contributed by atoms with van der Waals surface area (Å²) in [5.41, 5.74) is 1.28. The molecule has 0 saturated heterocycles. The molecule has 0 unspecified atom stereocenters. The van der Waals surface area contributed by atoms with Crippen molar-refractivity contribution in [1.29, 1.82) is 0 Å². The van der Waals surface area contributed by atoms with E-state index < -0.39 is 0 Å². The molecule has 3 aromatic rings. The van der Waals surface area contributed by atoms with Crippen molar-refractivity contribution in [3.8, 4) is 5.75 Å². The van der Waals surface area contributed by atoms with E-state index in [9.17, 15) is 4.79 Å². The van der Waals surface area contributed by atoms with Gasteiger partial charge in [-0.25, -0.2) is 4.98 Å². The second-order valence-electron chi connectivity index (χ2n) is 6.19. The highest BCUT2D eigenvalue weighted by Gasteiger charge is 2.23. The maximum Gasteiger partial charge on any atom is 0.280 e. The Balaban J connectivity index is 1.94. The maximum atomic E-state index is 13.1. The molecule has 0 fully saturated rings. The normalized spacial score (nSPS) is 11.3. The minimum Gasteiger partial charge on any atom is -0.497 e. The van der Waals surface area contributed by atoms with E-state index in [1.807, 2.05) is 18.2 Å². The number of likely N-dealkylation sites (N-methyl/N-ethyl adjacent to an activating group) is 1. The molecule has 0 aliphatic rings. The lowest BCUT2D eigenvalue weighted by atomic mass is 10.3. The number of hydrogen-bond donors (Lipinski definition) is 0. The number of ether oxygens (including phenoxy) is 1. The number of carbonyl (C=O) groups excluding carboxylic acids is 1. The highest BCUT2D eigenvalue weighted by Crippen LogP contribution is 2.32. The molecule has 0 aliphatic heterocycles. The molecule has 7 nitrogen and oxygen atoms in total. The number of nitrogens with zero attached hydrogens (tertiary/aromatic N) is 5. The van der Waals surface area contributed by atoms with Crippen LogP contribution in [0.15, 0.2) is 30.5 Å². The van der Waals surface area contributed by atoms with Crippen LogP contribution >= 0.6 is 11.3 Å². The summed E-state index contributed by atoms with van der Waals surface area (Å²) in [6.07, 6.45) is 1.78. The molecule has 27 heavy (non-hydrogen) atoms. The quantitative estimate of drug-likeness (QED) is 0.594. The first-order valence-corrected chi connectivity index (χ1v) is 9.85. The van der Waals surface area contributed by atoms with Crippen LogP contribution in [0, 0.1) is 0 Å². The van der Waals surface area contributed by atoms with Gasteiger partial charge in [-0.3, -0.25) is 14.4 Å². The molecule has 0 spiro atoms. The molecular formula is C19H25N5O2S. The molecule has 144 valence electrons. The van der Waals surface area contributed by atoms with E-state index in [0.29, 0.717) is 17.4 Å². The van der Waals surface area contributed by atoms with E-state index >= 15 is 0 Å². The molecule has 3 rings (SSSR count). The first-order valence-electron chi connectivity index (χ1n) is 9.04. The van der Waals surface area contributed by atoms with Gasteiger partial charge in [0.2, 0.25) is 0 Å². The Morgan fingerprint density at radius 1 is 1.22 bits per heavy atom. The molecule has 1 aromatic carbocycles. The van der Waals surface area contributed by atoms with Gasteiger partial charge in [0, 0.05) is 26.3 Å². The standard InChI is InChI=1S/C19H25N5O2S/c1-5-23(6-2)11-12-24(18(25)16-9-10-22(3)21-16)19-20-15-8-7-14(26-4)13-17(15)27-19/h7-10,13H,5-6,11-12H2,1-4H3. The Bertz CT molecular complexity index is 916. The number of carbonyl (C=O) groups is 1. The van der Waals surface area contributed by atoms with Crippen LogP contribution in [0.25, 0.3) is 10.2 Å². The molecular weight excluding hydrogens is 362 g/mol. The van der Waals surface area contributed by atoms with Gasteiger partial charge in [0.15, 0.2) is 10.8 Å². The third-order valence-corrected chi connectivity index (χ3v) is 5.57. The number of thiazole rings is 1. The Morgan fingerprint density at radius 3 is 2.63 bits per heavy atom. The van der Waals surface area contributed by atoms with Gasteiger partial charge in [-0.05, 0) is 37.4 Å². The molecule has 0 N–H and O–H groups in total. The molecule has 8 heteroatoms. The summed E-state index contributed by atoms with van der Waals surface area (Å²) in [6.45, 7) is 7.48. The highest BCUT2D eigenvalue weighted by molar-refractivity contribution is 7.22. The van der Waals surface area contributed by atoms with Crippen molar-refractivity contribution in [2.24, 2.45) is 7.05 Å². The van der Waals surface area contributed by atoms with Gasteiger partial charge < -0.3 is 9.64 Å². The second-order valence-corrected chi connectivity index (χ2v) is 7.20. The average molecular weight is 388 g/mol. The molecule has 0 aliphatic carbocycles. The maximum absolute atomic E-state index is 13.1. The fourth-order valence-corrected chi connectivity index (χ4v) is 3.89. The van der Waals surface area contributed by atoms with Crippen molar-refractivity contribution in [3.63, 3.8) is 0 Å². The lowest BCUT2D eigenvalue weighted by Crippen LogP contribution is -2.39. The van der Waals surface area contributed by atoms with Crippen molar-refractivity contribution in [2.45, 2.75) is 13.8 Å². The zero-order valence-electron chi connectivity index (χ0n) is 16.2. The van der Waals surface area contributed by atoms with Crippen molar-refractivity contribution in [2.75, 3.05) is 38.2 Å². The topological polar surface area (TPSA) is 63.5 Å². The van der Waals surface area contributed by atoms with Crippen LogP contribution in [0.5, 0.6) is 5.75 Å². The van der Waals surface area contributed by atoms with Gasteiger partial charge in [0.25, 0.3) is 5.91 Å². The van der Waals surface area contributed by atoms with Crippen LogP contribution < -0.4 is 9.64 Å². The van der Waals surface area contributed by atoms with Gasteiger partial charge in [-0.15, -0.1) is 0 Å². The minimum atomic E-state index is -0.131. The highest BCUT2D eigenvalue weighted by atomic mass is 32.1. The molecule has 2 heterocycles. The summed E-state index contributed by atoms with van der Waals surface area (Å²) in [5.74, 6) is 0.650. The third-order valence-electron chi connectivity index (χ3n) is 4.53. The zero-order chi connectivity index (χ0) is 19.4. The van der Waals surface area contributed by atoms with Crippen LogP contribution in [0.2, 0.25) is 0 Å². The SMILES string of the molecule is CCN(CC)CCN(C(=O)c1ccn(C)n1)c1nc2ccc(OC)cc2s1. The minimum absolute atomic E-state index is 0.131. The number of fused-ring (bicyclic) bond motifs is 1. The van der Waals surface area contributed by atoms with E-state index in [1.165, 1.54) is 11.3 Å². The smallest absolute Gasteiger partial charge is 0.280 e. The van der Waals surface area contributed by atoms with Gasteiger partial charge >= 0.3 is 0 Å². The van der Waals surface area contributed by atoms with Crippen LogP contribution in [-0.2, 0) is 7.05 Å². The van der Waals surface area contributed by atoms with Gasteiger partial charge in [-0.2, -0.15) is 5.10 Å². The first-order chi connectivity index (χ1) is 13.0. The van der Waals surface area contributed by atoms with E-state index in [-0.39, 0.29) is 5.91 Å². The van der Waals surface area contributed by atoms with Crippen molar-refractivity contribution in [3.05, 3.63) is 36.2 Å². The number of benzene rings is 1. The van der Waals surface area contributed by atoms with Crippen molar-refractivity contribution >= 4 is 32.6 Å². The number of anilines is 1. The summed E-state index contributed by atoms with van der Waals surface area (Å²) in [5, 5.41) is 4.96. The fourth-order valence-electron chi connectivity index (χ4n) is 2.87. The Hall–Kier alpha value is -2.45. The van der Waals surface area contributed by atoms with E-state index in [4.69, 9.17) is 4.74 Å². The molecule has 2 aromatic heterocycles. The summed E-state index contributed by atoms with van der Waals surface area (Å²) < 4.78 is 7.93. The van der Waals surface area contributed by atoms with Gasteiger partial charge in [-0.1, -0.05) is 25.2 Å². The molecule has 0 bridgehead atoms. The van der Waals surface area contributed by atoms with Crippen molar-refractivity contribution in [1.82, 2.24) is 19.7 Å². The van der Waals surface area contributed by atoms with E-state index in [2.05, 4.69) is 28.8 Å².